The number of rotatable bonds is 33. The summed E-state index contributed by atoms with van der Waals surface area (Å²) in [5.74, 6) is 7.07. The number of hydrogen-bond donors (Lipinski definition) is 0. The Kier molecular flexibility index (Phi) is 25.0. The predicted molar refractivity (Wildman–Crippen MR) is 244 cm³/mol. The van der Waals surface area contributed by atoms with Gasteiger partial charge in [-0.05, 0) is 0 Å². The number of benzene rings is 3. The van der Waals surface area contributed by atoms with E-state index in [1.54, 1.807) is 0 Å². The predicted octanol–water partition coefficient (Wildman–Crippen LogP) is 8.58. The third kappa shape index (κ3) is 15.6. The van der Waals surface area contributed by atoms with Crippen molar-refractivity contribution in [2.75, 3.05) is 59.5 Å². The minimum absolute atomic E-state index is 0.569. The topological polar surface area (TPSA) is 83.1 Å². The first-order valence-corrected chi connectivity index (χ1v) is 29.1. The Morgan fingerprint density at radius 3 is 0.810 bits per heavy atom. The summed E-state index contributed by atoms with van der Waals surface area (Å²) in [7, 11) is 1.99. The van der Waals surface area contributed by atoms with Crippen molar-refractivity contribution in [3.63, 3.8) is 0 Å². The van der Waals surface area contributed by atoms with Gasteiger partial charge in [-0.2, -0.15) is 0 Å². The van der Waals surface area contributed by atoms with Gasteiger partial charge in [-0.1, -0.05) is 0 Å². The number of ether oxygens (including phenoxy) is 9. The molecule has 0 aliphatic rings. The van der Waals surface area contributed by atoms with E-state index in [-0.39, 0.29) is 0 Å². The zero-order valence-corrected chi connectivity index (χ0v) is 41.7. The Morgan fingerprint density at radius 1 is 0.328 bits per heavy atom. The third-order valence-corrected chi connectivity index (χ3v) is 18.9. The van der Waals surface area contributed by atoms with E-state index >= 15 is 0 Å². The molecule has 0 aliphatic carbocycles. The van der Waals surface area contributed by atoms with E-state index in [2.05, 4.69) is 36.4 Å². The van der Waals surface area contributed by atoms with Crippen molar-refractivity contribution in [1.29, 1.82) is 0 Å². The molecule has 0 aliphatic heterocycles. The molecular weight excluding hydrogens is 844 g/mol. The monoisotopic (exact) mass is 912 g/mol. The van der Waals surface area contributed by atoms with Crippen LogP contribution in [0.25, 0.3) is 0 Å². The van der Waals surface area contributed by atoms with Gasteiger partial charge in [0.25, 0.3) is 0 Å². The molecule has 0 unspecified atom stereocenters. The summed E-state index contributed by atoms with van der Waals surface area (Å²) < 4.78 is 54.5. The average Bonchev–Trinajstić information content (AvgIpc) is 3.22. The Labute approximate surface area is 362 Å². The Hall–Kier alpha value is -2.93. The molecule has 3 aromatic rings. The van der Waals surface area contributed by atoms with Crippen LogP contribution < -0.4 is 58.2 Å². The molecule has 0 amide bonds. The third-order valence-electron chi connectivity index (χ3n) is 8.76. The van der Waals surface area contributed by atoms with Crippen LogP contribution in [0.15, 0.2) is 36.4 Å². The van der Waals surface area contributed by atoms with Crippen LogP contribution in [-0.4, -0.2) is 103 Å². The van der Waals surface area contributed by atoms with Crippen molar-refractivity contribution in [2.45, 2.75) is 115 Å². The van der Waals surface area contributed by atoms with Crippen LogP contribution in [-0.2, 0) is 0 Å². The van der Waals surface area contributed by atoms with E-state index in [9.17, 15) is 0 Å². The van der Waals surface area contributed by atoms with Gasteiger partial charge in [0.2, 0.25) is 0 Å². The fourth-order valence-electron chi connectivity index (χ4n) is 6.48. The molecule has 0 atom stereocenters. The van der Waals surface area contributed by atoms with Crippen LogP contribution >= 0.6 is 0 Å². The van der Waals surface area contributed by atoms with E-state index in [1.165, 1.54) is 50.4 Å². The molecule has 3 rings (SSSR count). The minimum atomic E-state index is -1.10. The first-order valence-electron chi connectivity index (χ1n) is 21.5. The number of hydrogen-bond acceptors (Lipinski definition) is 9. The summed E-state index contributed by atoms with van der Waals surface area (Å²) in [4.78, 5) is 0. The van der Waals surface area contributed by atoms with Crippen molar-refractivity contribution in [2.24, 2.45) is 0 Å². The maximum absolute atomic E-state index is 6.18. The van der Waals surface area contributed by atoms with Crippen LogP contribution in [0.3, 0.4) is 0 Å². The van der Waals surface area contributed by atoms with Gasteiger partial charge in [-0.15, -0.1) is 0 Å². The Morgan fingerprint density at radius 2 is 0.569 bits per heavy atom. The molecule has 0 N–H and O–H groups in total. The fourth-order valence-corrected chi connectivity index (χ4v) is 17.1. The molecule has 58 heavy (non-hydrogen) atoms. The quantitative estimate of drug-likeness (QED) is 0.0441. The van der Waals surface area contributed by atoms with Crippen LogP contribution in [0.5, 0.6) is 51.7 Å². The Balaban J connectivity index is 1.72. The first-order chi connectivity index (χ1) is 28.4. The van der Waals surface area contributed by atoms with E-state index < -0.39 is 14.7 Å². The van der Waals surface area contributed by atoms with Crippen molar-refractivity contribution < 1.29 is 42.6 Å². The van der Waals surface area contributed by atoms with Gasteiger partial charge in [0.15, 0.2) is 0 Å². The van der Waals surface area contributed by atoms with Crippen molar-refractivity contribution in [1.82, 2.24) is 0 Å². The van der Waals surface area contributed by atoms with E-state index in [0.717, 1.165) is 69.9 Å². The molecule has 9 nitrogen and oxygen atoms in total. The zero-order valence-electron chi connectivity index (χ0n) is 36.8. The molecule has 0 fully saturated rings. The summed E-state index contributed by atoms with van der Waals surface area (Å²) in [5.41, 5.74) is 0. The summed E-state index contributed by atoms with van der Waals surface area (Å²) in [5, 5.41) is 7.76. The van der Waals surface area contributed by atoms with E-state index in [0.29, 0.717) is 88.0 Å². The molecule has 0 saturated heterocycles. The average molecular weight is 913 g/mol. The van der Waals surface area contributed by atoms with Gasteiger partial charge in [0, 0.05) is 0 Å². The van der Waals surface area contributed by atoms with E-state index in [4.69, 9.17) is 42.6 Å². The SMILES string of the molecule is CCOc1ccc([Si]CCC[As](CCC[Si]c2ccc(OCC)c(OCC)c2OCC)CCC[Si]c2ccc(OCC)c(OCC)c2OCC)c(OCC)c1OCC. The normalized spacial score (nSPS) is 11.1. The molecule has 320 valence electrons. The fraction of sp³-hybridized carbons (Fsp3) is 0.600. The molecule has 0 aromatic heterocycles. The first kappa shape index (κ1) is 49.4. The van der Waals surface area contributed by atoms with Gasteiger partial charge in [0.05, 0.1) is 0 Å². The molecule has 0 spiro atoms. The maximum atomic E-state index is 6.18. The molecule has 0 heterocycles. The summed E-state index contributed by atoms with van der Waals surface area (Å²) >= 11 is -1.10. The van der Waals surface area contributed by atoms with Gasteiger partial charge in [-0.3, -0.25) is 0 Å². The summed E-state index contributed by atoms with van der Waals surface area (Å²) in [6.45, 7) is 23.4. The molecule has 3 aromatic carbocycles. The molecule has 0 saturated carbocycles. The summed E-state index contributed by atoms with van der Waals surface area (Å²) in [6.07, 6.45) is 3.71. The molecule has 6 radical (unpaired) electrons. The molecular formula is C45H69AsO9Si3. The molecule has 0 bridgehead atoms. The van der Waals surface area contributed by atoms with Crippen molar-refractivity contribution in [3.8, 4) is 51.7 Å². The Bertz CT molecular complexity index is 1410. The van der Waals surface area contributed by atoms with Crippen molar-refractivity contribution in [3.05, 3.63) is 36.4 Å². The van der Waals surface area contributed by atoms with Crippen LogP contribution in [0.1, 0.15) is 81.6 Å². The molecule has 13 heteroatoms. The van der Waals surface area contributed by atoms with Gasteiger partial charge in [0.1, 0.15) is 0 Å². The van der Waals surface area contributed by atoms with Gasteiger partial charge < -0.3 is 0 Å². The second kappa shape index (κ2) is 29.3. The second-order valence-corrected chi connectivity index (χ2v) is 22.7. The van der Waals surface area contributed by atoms with Crippen LogP contribution in [0.4, 0.5) is 0 Å². The van der Waals surface area contributed by atoms with Crippen molar-refractivity contribution >= 4 is 58.8 Å². The van der Waals surface area contributed by atoms with Gasteiger partial charge >= 0.3 is 364 Å². The zero-order chi connectivity index (χ0) is 42.0. The van der Waals surface area contributed by atoms with Crippen LogP contribution in [0, 0.1) is 0 Å². The second-order valence-electron chi connectivity index (χ2n) is 12.9. The van der Waals surface area contributed by atoms with Gasteiger partial charge in [-0.25, -0.2) is 0 Å². The van der Waals surface area contributed by atoms with Crippen LogP contribution in [0.2, 0.25) is 33.8 Å². The standard InChI is InChI=1S/C45H69AsO9Si3/c1-10-47-34-22-25-37(43(53-16-7)40(34)50-13-4)56-31-19-28-46(29-20-32-57-38-26-23-35(48-11-2)41(51-14-5)44(38)54-17-8)30-21-33-58-39-27-24-36(49-12-3)42(52-15-6)45(39)55-18-9/h22-27H,10-21,28-33H2,1-9H3. The summed E-state index contributed by atoms with van der Waals surface area (Å²) in [6, 6.07) is 16.2. The van der Waals surface area contributed by atoms with E-state index in [1.807, 2.05) is 62.3 Å².